The van der Waals surface area contributed by atoms with Crippen molar-refractivity contribution in [2.24, 2.45) is 0 Å². The number of hydrogen-bond donors (Lipinski definition) is 0. The van der Waals surface area contributed by atoms with Crippen LogP contribution in [0.25, 0.3) is 33.3 Å². The van der Waals surface area contributed by atoms with Crippen LogP contribution in [0.3, 0.4) is 0 Å². The third-order valence-corrected chi connectivity index (χ3v) is 7.18. The van der Waals surface area contributed by atoms with Gasteiger partial charge in [-0.25, -0.2) is 22.5 Å². The van der Waals surface area contributed by atoms with Crippen LogP contribution < -0.4 is 4.73 Å². The molecule has 0 atom stereocenters. The lowest BCUT2D eigenvalue weighted by molar-refractivity contribution is -0.592. The molecule has 3 heterocycles. The maximum Gasteiger partial charge on any atom is 0.256 e. The molecule has 0 saturated carbocycles. The Labute approximate surface area is 212 Å². The van der Waals surface area contributed by atoms with Gasteiger partial charge in [0.05, 0.1) is 0 Å². The van der Waals surface area contributed by atoms with Gasteiger partial charge in [0.1, 0.15) is 34.3 Å². The van der Waals surface area contributed by atoms with Gasteiger partial charge in [0.15, 0.2) is 6.20 Å². The van der Waals surface area contributed by atoms with E-state index >= 15 is 0 Å². The first-order valence-electron chi connectivity index (χ1n) is 12.3. The Morgan fingerprint density at radius 2 is 1.57 bits per heavy atom. The fourth-order valence-corrected chi connectivity index (χ4v) is 5.18. The van der Waals surface area contributed by atoms with Crippen molar-refractivity contribution in [3.8, 4) is 22.4 Å². The van der Waals surface area contributed by atoms with Crippen LogP contribution in [0.15, 0.2) is 54.7 Å². The van der Waals surface area contributed by atoms with Gasteiger partial charge in [-0.05, 0) is 82.6 Å². The minimum Gasteiger partial charge on any atom is -0.618 e. The lowest BCUT2D eigenvalue weighted by Crippen LogP contribution is -2.45. The molecule has 5 rings (SSSR count). The van der Waals surface area contributed by atoms with E-state index in [1.54, 1.807) is 6.07 Å². The highest BCUT2D eigenvalue weighted by Gasteiger charge is 2.31. The van der Waals surface area contributed by atoms with Crippen molar-refractivity contribution < 1.29 is 22.3 Å². The predicted octanol–water partition coefficient (Wildman–Crippen LogP) is 6.74. The summed E-state index contributed by atoms with van der Waals surface area (Å²) in [7, 11) is 0. The Balaban J connectivity index is 1.76. The zero-order chi connectivity index (χ0) is 26.5. The summed E-state index contributed by atoms with van der Waals surface area (Å²) in [5, 5.41) is 13.3. The second-order valence-electron chi connectivity index (χ2n) is 10.5. The number of benzene rings is 2. The minimum absolute atomic E-state index is 0.00775. The second kappa shape index (κ2) is 9.41. The molecule has 1 aliphatic rings. The predicted molar refractivity (Wildman–Crippen MR) is 135 cm³/mol. The molecular weight excluding hydrogens is 482 g/mol. The molecule has 0 spiro atoms. The van der Waals surface area contributed by atoms with Gasteiger partial charge < -0.3 is 5.21 Å². The van der Waals surface area contributed by atoms with E-state index in [-0.39, 0.29) is 28.2 Å². The van der Waals surface area contributed by atoms with Crippen LogP contribution in [0.4, 0.5) is 17.6 Å². The van der Waals surface area contributed by atoms with Crippen molar-refractivity contribution in [2.75, 3.05) is 13.1 Å². The number of halogens is 4. The number of likely N-dealkylation sites (tertiary alicyclic amines) is 1. The summed E-state index contributed by atoms with van der Waals surface area (Å²) in [5.41, 5.74) is 0.389. The van der Waals surface area contributed by atoms with Crippen molar-refractivity contribution in [3.05, 3.63) is 88.9 Å². The summed E-state index contributed by atoms with van der Waals surface area (Å²) in [6.45, 7) is 8.09. The first-order valence-corrected chi connectivity index (χ1v) is 12.3. The van der Waals surface area contributed by atoms with Gasteiger partial charge in [-0.3, -0.25) is 4.90 Å². The first-order chi connectivity index (χ1) is 17.5. The Kier molecular flexibility index (Phi) is 6.40. The summed E-state index contributed by atoms with van der Waals surface area (Å²) in [6, 6.07) is 9.84. The highest BCUT2D eigenvalue weighted by molar-refractivity contribution is 6.00. The average Bonchev–Trinajstić information content (AvgIpc) is 2.84. The van der Waals surface area contributed by atoms with Crippen LogP contribution in [-0.2, 0) is 0 Å². The monoisotopic (exact) mass is 509 g/mol. The van der Waals surface area contributed by atoms with Gasteiger partial charge in [-0.2, -0.15) is 4.73 Å². The molecule has 1 aliphatic heterocycles. The highest BCUT2D eigenvalue weighted by Crippen LogP contribution is 2.39. The van der Waals surface area contributed by atoms with Crippen LogP contribution in [0, 0.1) is 28.5 Å². The molecule has 2 aromatic heterocycles. The van der Waals surface area contributed by atoms with Gasteiger partial charge in [0, 0.05) is 40.2 Å². The molecule has 4 nitrogen and oxygen atoms in total. The third kappa shape index (κ3) is 4.66. The number of hydrogen-bond acceptors (Lipinski definition) is 3. The van der Waals surface area contributed by atoms with Gasteiger partial charge in [0.25, 0.3) is 5.69 Å². The Morgan fingerprint density at radius 3 is 2.19 bits per heavy atom. The largest absolute Gasteiger partial charge is 0.618 e. The molecule has 0 bridgehead atoms. The number of fused-ring (bicyclic) bond motifs is 1. The lowest BCUT2D eigenvalue weighted by atomic mass is 9.88. The zero-order valence-corrected chi connectivity index (χ0v) is 20.9. The van der Waals surface area contributed by atoms with Crippen molar-refractivity contribution in [1.82, 2.24) is 9.88 Å². The highest BCUT2D eigenvalue weighted by atomic mass is 19.1. The molecule has 0 unspecified atom stereocenters. The van der Waals surface area contributed by atoms with Crippen molar-refractivity contribution in [1.29, 1.82) is 0 Å². The maximum atomic E-state index is 15.0. The van der Waals surface area contributed by atoms with Gasteiger partial charge in [-0.1, -0.05) is 6.07 Å². The molecule has 8 heteroatoms. The number of aromatic nitrogens is 2. The molecular formula is C29H27F4N3O. The lowest BCUT2D eigenvalue weighted by Gasteiger charge is -2.40. The van der Waals surface area contributed by atoms with E-state index in [1.807, 2.05) is 0 Å². The fraction of sp³-hybridized carbons (Fsp3) is 0.310. The van der Waals surface area contributed by atoms with Gasteiger partial charge in [0.2, 0.25) is 0 Å². The van der Waals surface area contributed by atoms with E-state index in [4.69, 9.17) is 4.98 Å². The topological polar surface area (TPSA) is 43.1 Å². The Hall–Kier alpha value is -3.52. The van der Waals surface area contributed by atoms with Crippen LogP contribution in [0.5, 0.6) is 0 Å². The summed E-state index contributed by atoms with van der Waals surface area (Å²) >= 11 is 0. The zero-order valence-electron chi connectivity index (χ0n) is 20.9. The van der Waals surface area contributed by atoms with Crippen LogP contribution in [-0.4, -0.2) is 28.5 Å². The molecule has 0 radical (unpaired) electrons. The quantitative estimate of drug-likeness (QED) is 0.175. The van der Waals surface area contributed by atoms with E-state index in [0.29, 0.717) is 21.4 Å². The first kappa shape index (κ1) is 25.1. The fourth-order valence-electron chi connectivity index (χ4n) is 5.18. The minimum atomic E-state index is -0.905. The van der Waals surface area contributed by atoms with E-state index in [9.17, 15) is 22.8 Å². The number of pyridine rings is 2. The van der Waals surface area contributed by atoms with Crippen molar-refractivity contribution >= 4 is 10.9 Å². The molecule has 0 N–H and O–H groups in total. The van der Waals surface area contributed by atoms with E-state index < -0.39 is 28.8 Å². The SMILES string of the molecule is CC(C)(C)N1CCC(c2cc(-c3ccc(F)cc3F)c3cc[n+]([O-])c(-c4c(F)cccc4F)c3n2)CC1. The molecule has 37 heavy (non-hydrogen) atoms. The van der Waals surface area contributed by atoms with Gasteiger partial charge in [-0.15, -0.1) is 0 Å². The van der Waals surface area contributed by atoms with Crippen molar-refractivity contribution in [2.45, 2.75) is 45.1 Å². The molecule has 0 aliphatic carbocycles. The van der Waals surface area contributed by atoms with Crippen LogP contribution >= 0.6 is 0 Å². The maximum absolute atomic E-state index is 15.0. The van der Waals surface area contributed by atoms with Crippen LogP contribution in [0.2, 0.25) is 0 Å². The standard InChI is InChI=1S/C29H27F4N3O/c1-29(2,3)35-12-9-17(10-13-35)25-16-21(19-8-7-18(30)15-24(19)33)20-11-14-36(37)28(27(20)34-25)26-22(31)5-4-6-23(26)32/h4-8,11,14-17H,9-10,12-13H2,1-3H3. The third-order valence-electron chi connectivity index (χ3n) is 7.18. The van der Waals surface area contributed by atoms with Gasteiger partial charge >= 0.3 is 0 Å². The molecule has 2 aromatic carbocycles. The van der Waals surface area contributed by atoms with Crippen LogP contribution in [0.1, 0.15) is 45.2 Å². The second-order valence-corrected chi connectivity index (χ2v) is 10.5. The molecule has 4 aromatic rings. The Morgan fingerprint density at radius 1 is 0.892 bits per heavy atom. The molecule has 1 fully saturated rings. The summed E-state index contributed by atoms with van der Waals surface area (Å²) in [6.07, 6.45) is 2.67. The smallest absolute Gasteiger partial charge is 0.256 e. The van der Waals surface area contributed by atoms with E-state index in [2.05, 4.69) is 25.7 Å². The average molecular weight is 510 g/mol. The van der Waals surface area contributed by atoms with E-state index in [1.165, 1.54) is 18.2 Å². The number of nitrogens with zero attached hydrogens (tertiary/aromatic N) is 3. The molecule has 0 amide bonds. The summed E-state index contributed by atoms with van der Waals surface area (Å²) in [5.74, 6) is -3.32. The molecule has 1 saturated heterocycles. The number of piperidine rings is 1. The molecule has 192 valence electrons. The van der Waals surface area contributed by atoms with E-state index in [0.717, 1.165) is 56.4 Å². The normalized spacial score (nSPS) is 15.4. The number of rotatable bonds is 3. The summed E-state index contributed by atoms with van der Waals surface area (Å²) < 4.78 is 58.8. The summed E-state index contributed by atoms with van der Waals surface area (Å²) in [4.78, 5) is 7.14. The van der Waals surface area contributed by atoms with Crippen molar-refractivity contribution in [3.63, 3.8) is 0 Å². The Bertz CT molecular complexity index is 1470.